The van der Waals surface area contributed by atoms with Crippen molar-refractivity contribution < 1.29 is 13.9 Å². The molecule has 1 heterocycles. The van der Waals surface area contributed by atoms with Crippen molar-refractivity contribution in [2.75, 3.05) is 13.2 Å². The van der Waals surface area contributed by atoms with Gasteiger partial charge in [0.05, 0.1) is 12.7 Å². The zero-order chi connectivity index (χ0) is 22.5. The molecule has 0 bridgehead atoms. The van der Waals surface area contributed by atoms with E-state index in [0.717, 1.165) is 0 Å². The second-order valence-electron chi connectivity index (χ2n) is 9.43. The van der Waals surface area contributed by atoms with Crippen molar-refractivity contribution in [3.05, 3.63) is 71.1 Å². The molecule has 0 saturated carbocycles. The van der Waals surface area contributed by atoms with Crippen molar-refractivity contribution >= 4 is 18.7 Å². The fourth-order valence-corrected chi connectivity index (χ4v) is 9.11. The zero-order valence-corrected chi connectivity index (χ0v) is 20.1. The molecule has 3 rings (SSSR count). The highest BCUT2D eigenvalue weighted by atomic mass is 28.4. The van der Waals surface area contributed by atoms with Crippen LogP contribution >= 0.6 is 0 Å². The van der Waals surface area contributed by atoms with Crippen LogP contribution in [0.5, 0.6) is 0 Å². The van der Waals surface area contributed by atoms with Crippen molar-refractivity contribution in [3.63, 3.8) is 0 Å². The van der Waals surface area contributed by atoms with Gasteiger partial charge in [0.1, 0.15) is 6.10 Å². The standard InChI is InChI=1S/C24H33N3O3Si/c1-23(2,3)31(19-12-8-6-9-13-19,20-14-10-7-11-15-20)30-21(16-17-26-27-25)22-18-28-24(4,5)29-22/h6-15,21-22H,16-18H2,1-5H3/t21-,22-/m1/s1. The van der Waals surface area contributed by atoms with E-state index in [0.29, 0.717) is 19.6 Å². The van der Waals surface area contributed by atoms with Crippen LogP contribution in [0.4, 0.5) is 0 Å². The molecule has 0 spiro atoms. The normalized spacial score (nSPS) is 19.6. The molecule has 0 radical (unpaired) electrons. The average Bonchev–Trinajstić information content (AvgIpc) is 3.10. The van der Waals surface area contributed by atoms with E-state index >= 15 is 0 Å². The summed E-state index contributed by atoms with van der Waals surface area (Å²) < 4.78 is 19.3. The Morgan fingerprint density at radius 3 is 2.06 bits per heavy atom. The van der Waals surface area contributed by atoms with E-state index in [4.69, 9.17) is 19.4 Å². The van der Waals surface area contributed by atoms with Crippen LogP contribution in [0, 0.1) is 0 Å². The summed E-state index contributed by atoms with van der Waals surface area (Å²) in [5.74, 6) is -0.657. The summed E-state index contributed by atoms with van der Waals surface area (Å²) in [4.78, 5) is 2.93. The highest BCUT2D eigenvalue weighted by molar-refractivity contribution is 6.99. The van der Waals surface area contributed by atoms with Gasteiger partial charge in [0.15, 0.2) is 5.79 Å². The highest BCUT2D eigenvalue weighted by Gasteiger charge is 2.53. The highest BCUT2D eigenvalue weighted by Crippen LogP contribution is 2.39. The second-order valence-corrected chi connectivity index (χ2v) is 13.7. The molecule has 7 heteroatoms. The third-order valence-electron chi connectivity index (χ3n) is 5.77. The number of hydrogen-bond donors (Lipinski definition) is 0. The van der Waals surface area contributed by atoms with Gasteiger partial charge in [0, 0.05) is 11.5 Å². The summed E-state index contributed by atoms with van der Waals surface area (Å²) in [7, 11) is -2.76. The zero-order valence-electron chi connectivity index (χ0n) is 19.1. The summed E-state index contributed by atoms with van der Waals surface area (Å²) in [5.41, 5.74) is 8.82. The van der Waals surface area contributed by atoms with Gasteiger partial charge in [-0.25, -0.2) is 0 Å². The first-order valence-electron chi connectivity index (χ1n) is 10.8. The van der Waals surface area contributed by atoms with Crippen molar-refractivity contribution in [1.82, 2.24) is 0 Å². The Kier molecular flexibility index (Phi) is 7.24. The smallest absolute Gasteiger partial charge is 0.261 e. The maximum Gasteiger partial charge on any atom is 0.261 e. The molecule has 0 N–H and O–H groups in total. The van der Waals surface area contributed by atoms with Crippen LogP contribution in [0.15, 0.2) is 65.8 Å². The van der Waals surface area contributed by atoms with Crippen LogP contribution in [0.2, 0.25) is 5.04 Å². The number of azide groups is 1. The SMILES string of the molecule is CC1(C)OC[C@H]([C@@H](CCN=[N+]=[N-])O[Si](c2ccccc2)(c2ccccc2)C(C)(C)C)O1. The van der Waals surface area contributed by atoms with Gasteiger partial charge in [-0.3, -0.25) is 0 Å². The van der Waals surface area contributed by atoms with E-state index in [1.54, 1.807) is 0 Å². The van der Waals surface area contributed by atoms with Gasteiger partial charge in [0.25, 0.3) is 8.32 Å². The van der Waals surface area contributed by atoms with Crippen molar-refractivity contribution in [1.29, 1.82) is 0 Å². The van der Waals surface area contributed by atoms with Crippen LogP contribution in [0.1, 0.15) is 41.0 Å². The molecule has 1 aliphatic heterocycles. The van der Waals surface area contributed by atoms with Crippen LogP contribution in [0.25, 0.3) is 10.4 Å². The Hall–Kier alpha value is -2.15. The van der Waals surface area contributed by atoms with E-state index in [1.165, 1.54) is 10.4 Å². The van der Waals surface area contributed by atoms with Gasteiger partial charge >= 0.3 is 0 Å². The maximum atomic E-state index is 8.82. The monoisotopic (exact) mass is 439 g/mol. The Morgan fingerprint density at radius 2 is 1.65 bits per heavy atom. The fourth-order valence-electron chi connectivity index (χ4n) is 4.37. The first-order valence-corrected chi connectivity index (χ1v) is 12.7. The molecule has 0 unspecified atom stereocenters. The third kappa shape index (κ3) is 5.19. The molecule has 1 fully saturated rings. The predicted molar refractivity (Wildman–Crippen MR) is 126 cm³/mol. The number of rotatable bonds is 8. The number of nitrogens with zero attached hydrogens (tertiary/aromatic N) is 3. The summed E-state index contributed by atoms with van der Waals surface area (Å²) in [6.07, 6.45) is 0.0719. The Balaban J connectivity index is 2.11. The quantitative estimate of drug-likeness (QED) is 0.257. The number of hydrogen-bond acceptors (Lipinski definition) is 4. The lowest BCUT2D eigenvalue weighted by Gasteiger charge is -2.46. The molecule has 1 saturated heterocycles. The molecule has 6 nitrogen and oxygen atoms in total. The van der Waals surface area contributed by atoms with Crippen LogP contribution in [0.3, 0.4) is 0 Å². The van der Waals surface area contributed by atoms with Gasteiger partial charge in [-0.05, 0) is 41.2 Å². The average molecular weight is 440 g/mol. The summed E-state index contributed by atoms with van der Waals surface area (Å²) in [6.45, 7) is 11.4. The summed E-state index contributed by atoms with van der Waals surface area (Å²) >= 11 is 0. The van der Waals surface area contributed by atoms with Gasteiger partial charge in [-0.15, -0.1) is 0 Å². The minimum Gasteiger partial charge on any atom is -0.402 e. The van der Waals surface area contributed by atoms with Gasteiger partial charge in [-0.1, -0.05) is 86.5 Å². The van der Waals surface area contributed by atoms with E-state index in [-0.39, 0.29) is 17.2 Å². The lowest BCUT2D eigenvalue weighted by molar-refractivity contribution is -0.149. The molecule has 0 amide bonds. The topological polar surface area (TPSA) is 76.5 Å². The van der Waals surface area contributed by atoms with Crippen LogP contribution in [-0.2, 0) is 13.9 Å². The molecule has 166 valence electrons. The molecular weight excluding hydrogens is 406 g/mol. The van der Waals surface area contributed by atoms with Gasteiger partial charge < -0.3 is 13.9 Å². The molecule has 2 atom stereocenters. The first kappa shape index (κ1) is 23.5. The van der Waals surface area contributed by atoms with E-state index in [2.05, 4.69) is 79.3 Å². The summed E-state index contributed by atoms with van der Waals surface area (Å²) in [6, 6.07) is 21.0. The Labute approximate surface area is 186 Å². The number of benzene rings is 2. The third-order valence-corrected chi connectivity index (χ3v) is 10.8. The predicted octanol–water partition coefficient (Wildman–Crippen LogP) is 4.78. The second kappa shape index (κ2) is 9.55. The lowest BCUT2D eigenvalue weighted by Crippen LogP contribution is -2.68. The molecule has 1 aliphatic rings. The largest absolute Gasteiger partial charge is 0.402 e. The Bertz CT molecular complexity index is 854. The summed E-state index contributed by atoms with van der Waals surface area (Å²) in [5, 5.41) is 6.04. The minimum absolute atomic E-state index is 0.151. The fraction of sp³-hybridized carbons (Fsp3) is 0.500. The molecule has 31 heavy (non-hydrogen) atoms. The van der Waals surface area contributed by atoms with Gasteiger partial charge in [-0.2, -0.15) is 0 Å². The Morgan fingerprint density at radius 1 is 1.10 bits per heavy atom. The first-order chi connectivity index (χ1) is 14.7. The van der Waals surface area contributed by atoms with Crippen LogP contribution in [-0.4, -0.2) is 39.5 Å². The van der Waals surface area contributed by atoms with E-state index < -0.39 is 14.1 Å². The molecule has 2 aromatic rings. The van der Waals surface area contributed by atoms with E-state index in [1.807, 2.05) is 26.0 Å². The maximum absolute atomic E-state index is 8.82. The molecule has 2 aromatic carbocycles. The van der Waals surface area contributed by atoms with Crippen molar-refractivity contribution in [2.24, 2.45) is 5.11 Å². The minimum atomic E-state index is -2.76. The lowest BCUT2D eigenvalue weighted by atomic mass is 10.1. The number of ether oxygens (including phenoxy) is 2. The van der Waals surface area contributed by atoms with E-state index in [9.17, 15) is 0 Å². The molecule has 0 aromatic heterocycles. The van der Waals surface area contributed by atoms with Crippen molar-refractivity contribution in [3.8, 4) is 0 Å². The van der Waals surface area contributed by atoms with Crippen molar-refractivity contribution in [2.45, 2.75) is 64.1 Å². The van der Waals surface area contributed by atoms with Gasteiger partial charge in [0.2, 0.25) is 0 Å². The molecule has 0 aliphatic carbocycles. The van der Waals surface area contributed by atoms with Crippen LogP contribution < -0.4 is 10.4 Å². The molecular formula is C24H33N3O3Si.